The SMILES string of the molecule is CC[NH+](CC)CCN1C(=O)C(=O)C(=C([O-])c2c(C)nc3ccccn23)C1c1cccc(Cl)c1. The molecule has 33 heavy (non-hydrogen) atoms. The van der Waals surface area contributed by atoms with E-state index in [0.717, 1.165) is 13.1 Å². The zero-order valence-electron chi connectivity index (χ0n) is 19.0. The van der Waals surface area contributed by atoms with Crippen LogP contribution in [0.25, 0.3) is 11.4 Å². The Labute approximate surface area is 197 Å². The summed E-state index contributed by atoms with van der Waals surface area (Å²) in [6.07, 6.45) is 1.74. The van der Waals surface area contributed by atoms with Gasteiger partial charge in [-0.05, 0) is 50.6 Å². The number of rotatable bonds is 7. The lowest BCUT2D eigenvalue weighted by molar-refractivity contribution is -0.895. The van der Waals surface area contributed by atoms with E-state index in [-0.39, 0.29) is 5.57 Å². The second kappa shape index (κ2) is 9.37. The van der Waals surface area contributed by atoms with Crippen LogP contribution in [-0.2, 0) is 9.59 Å². The van der Waals surface area contributed by atoms with Crippen molar-refractivity contribution in [3.8, 4) is 0 Å². The van der Waals surface area contributed by atoms with Crippen molar-refractivity contribution in [2.75, 3.05) is 26.2 Å². The van der Waals surface area contributed by atoms with Gasteiger partial charge in [0.15, 0.2) is 0 Å². The van der Waals surface area contributed by atoms with Gasteiger partial charge in [0.2, 0.25) is 5.78 Å². The molecule has 1 amide bonds. The van der Waals surface area contributed by atoms with E-state index in [9.17, 15) is 14.7 Å². The normalized spacial score (nSPS) is 18.1. The highest BCUT2D eigenvalue weighted by molar-refractivity contribution is 6.46. The summed E-state index contributed by atoms with van der Waals surface area (Å²) in [5, 5.41) is 14.3. The quantitative estimate of drug-likeness (QED) is 0.324. The van der Waals surface area contributed by atoms with E-state index in [1.54, 1.807) is 53.9 Å². The number of benzene rings is 1. The van der Waals surface area contributed by atoms with E-state index in [2.05, 4.69) is 18.8 Å². The highest BCUT2D eigenvalue weighted by Crippen LogP contribution is 2.39. The minimum Gasteiger partial charge on any atom is -0.871 e. The highest BCUT2D eigenvalue weighted by atomic mass is 35.5. The van der Waals surface area contributed by atoms with Crippen LogP contribution >= 0.6 is 11.6 Å². The Balaban J connectivity index is 1.88. The monoisotopic (exact) mass is 466 g/mol. The van der Waals surface area contributed by atoms with Crippen molar-refractivity contribution in [2.45, 2.75) is 26.8 Å². The Hall–Kier alpha value is -3.16. The molecule has 1 N–H and O–H groups in total. The zero-order chi connectivity index (χ0) is 23.7. The molecule has 172 valence electrons. The first-order chi connectivity index (χ1) is 15.9. The number of carbonyl (C=O) groups excluding carboxylic acids is 2. The Kier molecular flexibility index (Phi) is 6.54. The number of pyridine rings is 1. The smallest absolute Gasteiger partial charge is 0.295 e. The van der Waals surface area contributed by atoms with Crippen molar-refractivity contribution in [1.29, 1.82) is 0 Å². The van der Waals surface area contributed by atoms with Gasteiger partial charge in [-0.15, -0.1) is 0 Å². The summed E-state index contributed by atoms with van der Waals surface area (Å²) in [6.45, 7) is 8.76. The molecule has 7 nitrogen and oxygen atoms in total. The van der Waals surface area contributed by atoms with Gasteiger partial charge in [0.1, 0.15) is 5.65 Å². The summed E-state index contributed by atoms with van der Waals surface area (Å²) in [5.74, 6) is -1.89. The number of quaternary nitrogens is 1. The van der Waals surface area contributed by atoms with Crippen LogP contribution < -0.4 is 10.0 Å². The molecule has 8 heteroatoms. The molecule has 0 saturated carbocycles. The largest absolute Gasteiger partial charge is 0.871 e. The van der Waals surface area contributed by atoms with Crippen LogP contribution in [0.2, 0.25) is 5.02 Å². The van der Waals surface area contributed by atoms with Gasteiger partial charge in [0.05, 0.1) is 43.6 Å². The molecule has 0 aliphatic carbocycles. The molecular formula is C25H27ClN4O3. The van der Waals surface area contributed by atoms with E-state index in [4.69, 9.17) is 11.6 Å². The molecule has 0 radical (unpaired) electrons. The number of nitrogens with zero attached hydrogens (tertiary/aromatic N) is 3. The van der Waals surface area contributed by atoms with Crippen molar-refractivity contribution in [3.05, 3.63) is 76.2 Å². The summed E-state index contributed by atoms with van der Waals surface area (Å²) < 4.78 is 1.67. The number of imidazole rings is 1. The van der Waals surface area contributed by atoms with Crippen LogP contribution in [0, 0.1) is 6.92 Å². The molecule has 4 rings (SSSR count). The van der Waals surface area contributed by atoms with Gasteiger partial charge in [-0.3, -0.25) is 9.59 Å². The molecule has 1 aromatic carbocycles. The fourth-order valence-corrected chi connectivity index (χ4v) is 4.72. The minimum atomic E-state index is -0.792. The van der Waals surface area contributed by atoms with Crippen LogP contribution in [0.4, 0.5) is 0 Å². The molecule has 1 saturated heterocycles. The number of likely N-dealkylation sites (N-methyl/N-ethyl adjacent to an activating group) is 1. The molecule has 3 heterocycles. The third kappa shape index (κ3) is 4.14. The summed E-state index contributed by atoms with van der Waals surface area (Å²) in [4.78, 5) is 33.6. The van der Waals surface area contributed by atoms with Gasteiger partial charge in [-0.25, -0.2) is 4.98 Å². The predicted molar refractivity (Wildman–Crippen MR) is 125 cm³/mol. The highest BCUT2D eigenvalue weighted by Gasteiger charge is 2.44. The third-order valence-electron chi connectivity index (χ3n) is 6.32. The van der Waals surface area contributed by atoms with Gasteiger partial charge < -0.3 is 19.3 Å². The van der Waals surface area contributed by atoms with Crippen molar-refractivity contribution in [1.82, 2.24) is 14.3 Å². The lowest BCUT2D eigenvalue weighted by atomic mass is 9.96. The molecule has 1 aliphatic heterocycles. The number of aryl methyl sites for hydroxylation is 1. The minimum absolute atomic E-state index is 0.0504. The zero-order valence-corrected chi connectivity index (χ0v) is 19.7. The Morgan fingerprint density at radius 2 is 1.91 bits per heavy atom. The predicted octanol–water partition coefficient (Wildman–Crippen LogP) is 1.44. The molecule has 1 atom stereocenters. The average molecular weight is 467 g/mol. The molecule has 3 aromatic rings. The number of hydrogen-bond donors (Lipinski definition) is 1. The van der Waals surface area contributed by atoms with Gasteiger partial charge in [-0.2, -0.15) is 0 Å². The molecule has 2 aromatic heterocycles. The summed E-state index contributed by atoms with van der Waals surface area (Å²) >= 11 is 6.25. The van der Waals surface area contributed by atoms with E-state index in [1.807, 2.05) is 6.07 Å². The second-order valence-electron chi connectivity index (χ2n) is 8.21. The fourth-order valence-electron chi connectivity index (χ4n) is 4.52. The lowest BCUT2D eigenvalue weighted by Crippen LogP contribution is -3.12. The third-order valence-corrected chi connectivity index (χ3v) is 6.55. The molecular weight excluding hydrogens is 440 g/mol. The summed E-state index contributed by atoms with van der Waals surface area (Å²) in [7, 11) is 0. The van der Waals surface area contributed by atoms with Crippen LogP contribution in [0.5, 0.6) is 0 Å². The van der Waals surface area contributed by atoms with E-state index >= 15 is 0 Å². The number of Topliss-reactive ketones (excluding diaryl/α,β-unsaturated/α-hetero) is 1. The van der Waals surface area contributed by atoms with Crippen LogP contribution in [-0.4, -0.2) is 52.2 Å². The maximum atomic E-state index is 13.8. The van der Waals surface area contributed by atoms with E-state index < -0.39 is 23.5 Å². The maximum Gasteiger partial charge on any atom is 0.295 e. The van der Waals surface area contributed by atoms with Crippen LogP contribution in [0.1, 0.15) is 36.8 Å². The number of fused-ring (bicyclic) bond motifs is 1. The molecule has 1 aliphatic rings. The average Bonchev–Trinajstić information content (AvgIpc) is 3.27. The van der Waals surface area contributed by atoms with E-state index in [0.29, 0.717) is 40.7 Å². The standard InChI is InChI=1S/C25H27ClN4O3/c1-4-28(5-2)13-14-30-22(17-9-8-10-18(26)15-17)20(24(32)25(30)33)23(31)21-16(3)27-19-11-6-7-12-29(19)21/h6-12,15,22,31H,4-5,13-14H2,1-3H3. The van der Waals surface area contributed by atoms with Gasteiger partial charge in [-0.1, -0.05) is 35.6 Å². The number of likely N-dealkylation sites (tertiary alicyclic amines) is 1. The number of nitrogens with one attached hydrogen (secondary N) is 1. The van der Waals surface area contributed by atoms with Crippen LogP contribution in [0.15, 0.2) is 54.2 Å². The molecule has 0 bridgehead atoms. The van der Waals surface area contributed by atoms with Crippen molar-refractivity contribution >= 4 is 34.7 Å². The Morgan fingerprint density at radius 3 is 2.61 bits per heavy atom. The van der Waals surface area contributed by atoms with Crippen LogP contribution in [0.3, 0.4) is 0 Å². The fraction of sp³-hybridized carbons (Fsp3) is 0.320. The first-order valence-electron chi connectivity index (χ1n) is 11.2. The topological polar surface area (TPSA) is 82.2 Å². The maximum absolute atomic E-state index is 13.8. The van der Waals surface area contributed by atoms with E-state index in [1.165, 1.54) is 9.80 Å². The molecule has 0 spiro atoms. The van der Waals surface area contributed by atoms with Crippen molar-refractivity contribution in [3.63, 3.8) is 0 Å². The lowest BCUT2D eigenvalue weighted by Gasteiger charge is -2.28. The van der Waals surface area contributed by atoms with Crippen molar-refractivity contribution in [2.24, 2.45) is 0 Å². The molecule has 1 unspecified atom stereocenters. The van der Waals surface area contributed by atoms with Crippen molar-refractivity contribution < 1.29 is 19.6 Å². The number of ketones is 1. The first kappa shape index (κ1) is 23.0. The van der Waals surface area contributed by atoms with Gasteiger partial charge in [0, 0.05) is 16.8 Å². The Morgan fingerprint density at radius 1 is 1.15 bits per heavy atom. The van der Waals surface area contributed by atoms with Gasteiger partial charge >= 0.3 is 0 Å². The first-order valence-corrected chi connectivity index (χ1v) is 11.5. The van der Waals surface area contributed by atoms with Gasteiger partial charge in [0.25, 0.3) is 5.91 Å². The summed E-state index contributed by atoms with van der Waals surface area (Å²) in [5.41, 5.74) is 2.01. The molecule has 1 fully saturated rings. The number of carbonyl (C=O) groups is 2. The Bertz CT molecular complexity index is 1250. The second-order valence-corrected chi connectivity index (χ2v) is 8.65. The number of halogens is 1. The summed E-state index contributed by atoms with van der Waals surface area (Å²) in [6, 6.07) is 11.6. The number of amides is 1. The number of hydrogen-bond acceptors (Lipinski definition) is 4. The number of aromatic nitrogens is 2.